The fourth-order valence-electron chi connectivity index (χ4n) is 3.52. The number of nitrogens with zero attached hydrogens (tertiary/aromatic N) is 1. The van der Waals surface area contributed by atoms with Crippen molar-refractivity contribution in [2.24, 2.45) is 0 Å². The van der Waals surface area contributed by atoms with Crippen LogP contribution in [0, 0.1) is 6.92 Å². The third-order valence-electron chi connectivity index (χ3n) is 5.47. The number of amides is 1. The van der Waals surface area contributed by atoms with Gasteiger partial charge in [-0.05, 0) is 55.2 Å². The third-order valence-corrected chi connectivity index (χ3v) is 7.26. The fourth-order valence-corrected chi connectivity index (χ4v) is 4.96. The Hall–Kier alpha value is -3.12. The smallest absolute Gasteiger partial charge is 0.264 e. The molecule has 3 aromatic carbocycles. The SMILES string of the molecule is CCc1ccc(N(CC(=O)NC(CC)c2ccc(C)cc2)S(=O)(=O)c2ccccc2)cc1. The molecule has 0 aromatic heterocycles. The Bertz CT molecular complexity index is 1130. The molecule has 0 bridgehead atoms. The van der Waals surface area contributed by atoms with E-state index in [1.54, 1.807) is 42.5 Å². The van der Waals surface area contributed by atoms with Gasteiger partial charge in [-0.2, -0.15) is 0 Å². The normalized spacial score (nSPS) is 12.2. The molecule has 3 rings (SSSR count). The molecule has 1 unspecified atom stereocenters. The van der Waals surface area contributed by atoms with Gasteiger partial charge in [0.25, 0.3) is 10.0 Å². The van der Waals surface area contributed by atoms with Crippen LogP contribution >= 0.6 is 0 Å². The number of carbonyl (C=O) groups excluding carboxylic acids is 1. The Morgan fingerprint density at radius 1 is 0.906 bits per heavy atom. The van der Waals surface area contributed by atoms with Gasteiger partial charge in [-0.25, -0.2) is 8.42 Å². The summed E-state index contributed by atoms with van der Waals surface area (Å²) >= 11 is 0. The lowest BCUT2D eigenvalue weighted by molar-refractivity contribution is -0.120. The zero-order chi connectivity index (χ0) is 23.1. The van der Waals surface area contributed by atoms with Crippen LogP contribution in [0.15, 0.2) is 83.8 Å². The van der Waals surface area contributed by atoms with E-state index < -0.39 is 10.0 Å². The molecule has 0 aliphatic heterocycles. The average molecular weight is 451 g/mol. The Morgan fingerprint density at radius 2 is 1.53 bits per heavy atom. The minimum atomic E-state index is -3.91. The number of hydrogen-bond donors (Lipinski definition) is 1. The number of rotatable bonds is 9. The second-order valence-corrected chi connectivity index (χ2v) is 9.65. The number of carbonyl (C=O) groups is 1. The molecule has 1 amide bonds. The first kappa shape index (κ1) is 23.5. The van der Waals surface area contributed by atoms with E-state index in [4.69, 9.17) is 0 Å². The molecule has 0 aliphatic carbocycles. The Morgan fingerprint density at radius 3 is 2.09 bits per heavy atom. The second kappa shape index (κ2) is 10.5. The van der Waals surface area contributed by atoms with Gasteiger partial charge in [-0.3, -0.25) is 9.10 Å². The van der Waals surface area contributed by atoms with E-state index in [9.17, 15) is 13.2 Å². The first-order valence-electron chi connectivity index (χ1n) is 10.9. The maximum Gasteiger partial charge on any atom is 0.264 e. The van der Waals surface area contributed by atoms with Crippen molar-refractivity contribution < 1.29 is 13.2 Å². The quantitative estimate of drug-likeness (QED) is 0.498. The molecule has 1 atom stereocenters. The van der Waals surface area contributed by atoms with E-state index in [-0.39, 0.29) is 23.4 Å². The summed E-state index contributed by atoms with van der Waals surface area (Å²) in [5.41, 5.74) is 3.70. The maximum atomic E-state index is 13.4. The van der Waals surface area contributed by atoms with Crippen LogP contribution in [0.3, 0.4) is 0 Å². The van der Waals surface area contributed by atoms with Crippen molar-refractivity contribution in [3.63, 3.8) is 0 Å². The Kier molecular flexibility index (Phi) is 7.70. The molecule has 0 spiro atoms. The van der Waals surface area contributed by atoms with E-state index >= 15 is 0 Å². The Labute approximate surface area is 191 Å². The summed E-state index contributed by atoms with van der Waals surface area (Å²) in [5.74, 6) is -0.350. The van der Waals surface area contributed by atoms with Gasteiger partial charge in [0.15, 0.2) is 0 Å². The van der Waals surface area contributed by atoms with Gasteiger partial charge in [0, 0.05) is 0 Å². The van der Waals surface area contributed by atoms with Crippen LogP contribution in [-0.4, -0.2) is 20.9 Å². The molecular weight excluding hydrogens is 420 g/mol. The topological polar surface area (TPSA) is 66.5 Å². The molecule has 5 nitrogen and oxygen atoms in total. The lowest BCUT2D eigenvalue weighted by Gasteiger charge is -2.26. The van der Waals surface area contributed by atoms with Crippen LogP contribution in [0.1, 0.15) is 43.0 Å². The average Bonchev–Trinajstić information content (AvgIpc) is 2.82. The molecule has 1 N–H and O–H groups in total. The van der Waals surface area contributed by atoms with Gasteiger partial charge in [0.05, 0.1) is 16.6 Å². The van der Waals surface area contributed by atoms with Crippen LogP contribution in [-0.2, 0) is 21.2 Å². The standard InChI is InChI=1S/C26H30N2O3S/c1-4-21-13-17-23(18-14-21)28(32(30,31)24-9-7-6-8-10-24)19-26(29)27-25(5-2)22-15-11-20(3)12-16-22/h6-18,25H,4-5,19H2,1-3H3,(H,27,29). The largest absolute Gasteiger partial charge is 0.348 e. The number of sulfonamides is 1. The van der Waals surface area contributed by atoms with E-state index in [0.717, 1.165) is 23.1 Å². The number of anilines is 1. The van der Waals surface area contributed by atoms with Gasteiger partial charge < -0.3 is 5.32 Å². The first-order chi connectivity index (χ1) is 15.3. The highest BCUT2D eigenvalue weighted by atomic mass is 32.2. The van der Waals surface area contributed by atoms with E-state index in [2.05, 4.69) is 5.32 Å². The van der Waals surface area contributed by atoms with Crippen LogP contribution < -0.4 is 9.62 Å². The number of aryl methyl sites for hydroxylation is 2. The highest BCUT2D eigenvalue weighted by molar-refractivity contribution is 7.92. The van der Waals surface area contributed by atoms with Gasteiger partial charge in [-0.1, -0.05) is 74.0 Å². The van der Waals surface area contributed by atoms with Crippen LogP contribution in [0.4, 0.5) is 5.69 Å². The van der Waals surface area contributed by atoms with Crippen molar-refractivity contribution in [3.05, 3.63) is 95.6 Å². The molecule has 0 saturated carbocycles. The highest BCUT2D eigenvalue weighted by Crippen LogP contribution is 2.25. The molecule has 0 radical (unpaired) electrons. The van der Waals surface area contributed by atoms with Gasteiger partial charge in [-0.15, -0.1) is 0 Å². The van der Waals surface area contributed by atoms with Crippen molar-refractivity contribution in [1.82, 2.24) is 5.32 Å². The monoisotopic (exact) mass is 450 g/mol. The highest BCUT2D eigenvalue weighted by Gasteiger charge is 2.27. The minimum Gasteiger partial charge on any atom is -0.348 e. The van der Waals surface area contributed by atoms with Gasteiger partial charge in [0.1, 0.15) is 6.54 Å². The van der Waals surface area contributed by atoms with Crippen molar-refractivity contribution in [2.75, 3.05) is 10.8 Å². The van der Waals surface area contributed by atoms with Gasteiger partial charge >= 0.3 is 0 Å². The van der Waals surface area contributed by atoms with Crippen LogP contribution in [0.2, 0.25) is 0 Å². The van der Waals surface area contributed by atoms with E-state index in [0.29, 0.717) is 12.1 Å². The summed E-state index contributed by atoms with van der Waals surface area (Å²) in [6, 6.07) is 23.3. The lowest BCUT2D eigenvalue weighted by atomic mass is 10.0. The third kappa shape index (κ3) is 5.56. The summed E-state index contributed by atoms with van der Waals surface area (Å²) in [7, 11) is -3.91. The van der Waals surface area contributed by atoms with Gasteiger partial charge in [0.2, 0.25) is 5.91 Å². The minimum absolute atomic E-state index is 0.151. The second-order valence-electron chi connectivity index (χ2n) is 7.78. The molecule has 0 saturated heterocycles. The number of nitrogens with one attached hydrogen (secondary N) is 1. The molecule has 0 fully saturated rings. The first-order valence-corrected chi connectivity index (χ1v) is 12.3. The molecule has 0 heterocycles. The summed E-state index contributed by atoms with van der Waals surface area (Å²) in [4.78, 5) is 13.2. The zero-order valence-electron chi connectivity index (χ0n) is 18.8. The number of benzene rings is 3. The maximum absolute atomic E-state index is 13.4. The van der Waals surface area contributed by atoms with E-state index in [1.807, 2.05) is 57.2 Å². The van der Waals surface area contributed by atoms with Crippen molar-refractivity contribution in [2.45, 2.75) is 44.6 Å². The summed E-state index contributed by atoms with van der Waals surface area (Å²) < 4.78 is 28.0. The molecule has 0 aliphatic rings. The number of hydrogen-bond acceptors (Lipinski definition) is 3. The molecule has 32 heavy (non-hydrogen) atoms. The van der Waals surface area contributed by atoms with Crippen molar-refractivity contribution in [1.29, 1.82) is 0 Å². The molecule has 6 heteroatoms. The zero-order valence-corrected chi connectivity index (χ0v) is 19.6. The molecule has 168 valence electrons. The summed E-state index contributed by atoms with van der Waals surface area (Å²) in [6.07, 6.45) is 1.55. The molecule has 3 aromatic rings. The molecular formula is C26H30N2O3S. The summed E-state index contributed by atoms with van der Waals surface area (Å²) in [5, 5.41) is 3.00. The lowest BCUT2D eigenvalue weighted by Crippen LogP contribution is -2.42. The van der Waals surface area contributed by atoms with Crippen molar-refractivity contribution in [3.8, 4) is 0 Å². The predicted molar refractivity (Wildman–Crippen MR) is 129 cm³/mol. The predicted octanol–water partition coefficient (Wildman–Crippen LogP) is 5.02. The summed E-state index contributed by atoms with van der Waals surface area (Å²) in [6.45, 7) is 5.74. The van der Waals surface area contributed by atoms with Crippen LogP contribution in [0.25, 0.3) is 0 Å². The van der Waals surface area contributed by atoms with Crippen molar-refractivity contribution >= 4 is 21.6 Å². The Balaban J connectivity index is 1.89. The van der Waals surface area contributed by atoms with Crippen LogP contribution in [0.5, 0.6) is 0 Å². The fraction of sp³-hybridized carbons (Fsp3) is 0.269. The van der Waals surface area contributed by atoms with E-state index in [1.165, 1.54) is 4.31 Å².